The molecular weight excluding hydrogens is 474 g/mol. The molecule has 0 spiro atoms. The van der Waals surface area contributed by atoms with E-state index < -0.39 is 5.91 Å². The van der Waals surface area contributed by atoms with Gasteiger partial charge in [-0.05, 0) is 35.9 Å². The molecule has 0 saturated heterocycles. The van der Waals surface area contributed by atoms with Crippen molar-refractivity contribution in [3.8, 4) is 34.6 Å². The first-order chi connectivity index (χ1) is 17.7. The molecule has 0 aliphatic rings. The van der Waals surface area contributed by atoms with Crippen LogP contribution < -0.4 is 19.5 Å². The number of carbonyl (C=O) groups excluding carboxylic acids is 1. The fourth-order valence-electron chi connectivity index (χ4n) is 3.26. The molecule has 1 N–H and O–H groups in total. The van der Waals surface area contributed by atoms with E-state index in [0.717, 1.165) is 11.3 Å². The van der Waals surface area contributed by atoms with Crippen LogP contribution in [-0.4, -0.2) is 31.2 Å². The Bertz CT molecular complexity index is 1380. The van der Waals surface area contributed by atoms with Crippen LogP contribution in [-0.2, 0) is 4.79 Å². The van der Waals surface area contributed by atoms with Crippen LogP contribution in [0.25, 0.3) is 17.3 Å². The van der Waals surface area contributed by atoms with Crippen molar-refractivity contribution in [3.05, 3.63) is 95.4 Å². The number of benzene rings is 3. The molecule has 0 saturated carbocycles. The molecule has 0 aliphatic heterocycles. The maximum absolute atomic E-state index is 12.6. The summed E-state index contributed by atoms with van der Waals surface area (Å²) in [7, 11) is 1.59. The van der Waals surface area contributed by atoms with Crippen LogP contribution >= 0.6 is 11.3 Å². The predicted octanol–water partition coefficient (Wildman–Crippen LogP) is 5.82. The van der Waals surface area contributed by atoms with Gasteiger partial charge in [-0.2, -0.15) is 5.26 Å². The molecule has 3 aromatic carbocycles. The molecule has 8 heteroatoms. The summed E-state index contributed by atoms with van der Waals surface area (Å²) in [6.45, 7) is 0.696. The van der Waals surface area contributed by atoms with Gasteiger partial charge in [0, 0.05) is 10.9 Å². The number of para-hydroxylation sites is 2. The number of rotatable bonds is 10. The first-order valence-corrected chi connectivity index (χ1v) is 12.0. The molecule has 0 fully saturated rings. The van der Waals surface area contributed by atoms with E-state index >= 15 is 0 Å². The van der Waals surface area contributed by atoms with Crippen LogP contribution in [0.2, 0.25) is 0 Å². The van der Waals surface area contributed by atoms with Crippen LogP contribution in [0.5, 0.6) is 17.2 Å². The first kappa shape index (κ1) is 24.5. The number of nitrogens with one attached hydrogen (secondary N) is 1. The Labute approximate surface area is 213 Å². The highest BCUT2D eigenvalue weighted by atomic mass is 32.1. The number of carbonyl (C=O) groups is 1. The van der Waals surface area contributed by atoms with Crippen LogP contribution in [0.15, 0.2) is 89.8 Å². The molecule has 1 aromatic heterocycles. The van der Waals surface area contributed by atoms with Crippen LogP contribution in [0, 0.1) is 11.3 Å². The molecular formula is C28H23N3O4S. The Morgan fingerprint density at radius 3 is 2.39 bits per heavy atom. The van der Waals surface area contributed by atoms with E-state index in [-0.39, 0.29) is 5.57 Å². The molecule has 7 nitrogen and oxygen atoms in total. The van der Waals surface area contributed by atoms with Gasteiger partial charge in [-0.15, -0.1) is 11.3 Å². The summed E-state index contributed by atoms with van der Waals surface area (Å²) in [4.78, 5) is 17.1. The summed E-state index contributed by atoms with van der Waals surface area (Å²) >= 11 is 1.31. The van der Waals surface area contributed by atoms with Gasteiger partial charge in [0.1, 0.15) is 30.6 Å². The van der Waals surface area contributed by atoms with Gasteiger partial charge in [0.25, 0.3) is 5.91 Å². The van der Waals surface area contributed by atoms with Crippen molar-refractivity contribution in [1.82, 2.24) is 4.98 Å². The topological polar surface area (TPSA) is 93.5 Å². The van der Waals surface area contributed by atoms with Crippen molar-refractivity contribution in [1.29, 1.82) is 5.26 Å². The number of ether oxygens (including phenoxy) is 3. The number of aromatic nitrogens is 1. The van der Waals surface area contributed by atoms with Crippen LogP contribution in [0.1, 0.15) is 5.56 Å². The van der Waals surface area contributed by atoms with Gasteiger partial charge in [-0.1, -0.05) is 54.6 Å². The summed E-state index contributed by atoms with van der Waals surface area (Å²) in [6, 6.07) is 26.1. The third kappa shape index (κ3) is 6.50. The summed E-state index contributed by atoms with van der Waals surface area (Å²) in [5.74, 6) is 1.45. The molecule has 0 atom stereocenters. The lowest BCUT2D eigenvalue weighted by Crippen LogP contribution is -2.13. The quantitative estimate of drug-likeness (QED) is 0.169. The Kier molecular flexibility index (Phi) is 8.31. The number of hydrogen-bond acceptors (Lipinski definition) is 7. The molecule has 180 valence electrons. The van der Waals surface area contributed by atoms with Crippen LogP contribution in [0.4, 0.5) is 5.13 Å². The number of hydrogen-bond donors (Lipinski definition) is 1. The number of anilines is 1. The van der Waals surface area contributed by atoms with Crippen molar-refractivity contribution < 1.29 is 19.0 Å². The van der Waals surface area contributed by atoms with E-state index in [9.17, 15) is 10.1 Å². The lowest BCUT2D eigenvalue weighted by molar-refractivity contribution is -0.112. The second kappa shape index (κ2) is 12.2. The lowest BCUT2D eigenvalue weighted by Gasteiger charge is -2.11. The number of nitrogens with zero attached hydrogens (tertiary/aromatic N) is 2. The molecule has 36 heavy (non-hydrogen) atoms. The molecule has 4 rings (SSSR count). The van der Waals surface area contributed by atoms with Gasteiger partial charge in [-0.25, -0.2) is 4.98 Å². The Balaban J connectivity index is 1.31. The molecule has 0 aliphatic carbocycles. The van der Waals surface area contributed by atoms with E-state index in [4.69, 9.17) is 14.2 Å². The third-order valence-corrected chi connectivity index (χ3v) is 5.79. The molecule has 1 heterocycles. The Hall–Kier alpha value is -4.61. The molecule has 0 unspecified atom stereocenters. The zero-order chi connectivity index (χ0) is 25.2. The van der Waals surface area contributed by atoms with Crippen molar-refractivity contribution in [2.24, 2.45) is 0 Å². The average Bonchev–Trinajstić information content (AvgIpc) is 3.39. The van der Waals surface area contributed by atoms with Gasteiger partial charge in [0.15, 0.2) is 16.6 Å². The zero-order valence-electron chi connectivity index (χ0n) is 19.5. The highest BCUT2D eigenvalue weighted by molar-refractivity contribution is 7.14. The molecule has 0 bridgehead atoms. The monoisotopic (exact) mass is 497 g/mol. The fraction of sp³-hybridized carbons (Fsp3) is 0.107. The molecule has 0 radical (unpaired) electrons. The van der Waals surface area contributed by atoms with E-state index in [0.29, 0.717) is 41.2 Å². The third-order valence-electron chi connectivity index (χ3n) is 5.03. The second-order valence-electron chi connectivity index (χ2n) is 7.44. The van der Waals surface area contributed by atoms with Gasteiger partial charge < -0.3 is 14.2 Å². The normalized spacial score (nSPS) is 10.8. The smallest absolute Gasteiger partial charge is 0.268 e. The highest BCUT2D eigenvalue weighted by Gasteiger charge is 2.13. The zero-order valence-corrected chi connectivity index (χ0v) is 20.3. The lowest BCUT2D eigenvalue weighted by atomic mass is 10.1. The minimum Gasteiger partial charge on any atom is -0.493 e. The standard InChI is InChI=1S/C28H23N3O4S/c1-33-25-9-5-6-10-26(25)35-16-15-34-23-13-11-20(12-14-23)17-22(18-29)27(32)31-28-30-24(19-36-28)21-7-3-2-4-8-21/h2-14,17,19H,15-16H2,1H3,(H,30,31,32). The van der Waals surface area contributed by atoms with Crippen LogP contribution in [0.3, 0.4) is 0 Å². The second-order valence-corrected chi connectivity index (χ2v) is 8.30. The number of nitriles is 1. The van der Waals surface area contributed by atoms with Crippen molar-refractivity contribution in [2.45, 2.75) is 0 Å². The van der Waals surface area contributed by atoms with Gasteiger partial charge in [0.2, 0.25) is 0 Å². The largest absolute Gasteiger partial charge is 0.493 e. The van der Waals surface area contributed by atoms with Gasteiger partial charge in [-0.3, -0.25) is 10.1 Å². The van der Waals surface area contributed by atoms with E-state index in [1.807, 2.05) is 66.0 Å². The maximum atomic E-state index is 12.6. The molecule has 4 aromatic rings. The SMILES string of the molecule is COc1ccccc1OCCOc1ccc(C=C(C#N)C(=O)Nc2nc(-c3ccccc3)cs2)cc1. The number of amides is 1. The Morgan fingerprint density at radius 2 is 1.67 bits per heavy atom. The predicted molar refractivity (Wildman–Crippen MR) is 140 cm³/mol. The van der Waals surface area contributed by atoms with Gasteiger partial charge >= 0.3 is 0 Å². The number of methoxy groups -OCH3 is 1. The minimum atomic E-state index is -0.514. The van der Waals surface area contributed by atoms with Crippen molar-refractivity contribution in [2.75, 3.05) is 25.6 Å². The van der Waals surface area contributed by atoms with Crippen molar-refractivity contribution in [3.63, 3.8) is 0 Å². The van der Waals surface area contributed by atoms with E-state index in [1.54, 1.807) is 31.4 Å². The highest BCUT2D eigenvalue weighted by Crippen LogP contribution is 2.26. The fourth-order valence-corrected chi connectivity index (χ4v) is 3.98. The maximum Gasteiger partial charge on any atom is 0.268 e. The summed E-state index contributed by atoms with van der Waals surface area (Å²) in [6.07, 6.45) is 1.52. The summed E-state index contributed by atoms with van der Waals surface area (Å²) in [5, 5.41) is 14.5. The van der Waals surface area contributed by atoms with Crippen molar-refractivity contribution >= 4 is 28.5 Å². The minimum absolute atomic E-state index is 0.0228. The van der Waals surface area contributed by atoms with Gasteiger partial charge in [0.05, 0.1) is 12.8 Å². The summed E-state index contributed by atoms with van der Waals surface area (Å²) in [5.41, 5.74) is 2.40. The number of thiazole rings is 1. The van der Waals surface area contributed by atoms with E-state index in [2.05, 4.69) is 10.3 Å². The van der Waals surface area contributed by atoms with E-state index in [1.165, 1.54) is 17.4 Å². The first-order valence-electron chi connectivity index (χ1n) is 11.1. The Morgan fingerprint density at radius 1 is 0.972 bits per heavy atom. The average molecular weight is 498 g/mol. The summed E-state index contributed by atoms with van der Waals surface area (Å²) < 4.78 is 16.7. The molecule has 1 amide bonds.